The number of allylic oxidation sites excluding steroid dienone is 1. The summed E-state index contributed by atoms with van der Waals surface area (Å²) in [5.41, 5.74) is 7.60. The van der Waals surface area contributed by atoms with Gasteiger partial charge < -0.3 is 9.47 Å². The molecule has 2 fully saturated rings. The van der Waals surface area contributed by atoms with Crippen molar-refractivity contribution < 1.29 is 18.3 Å². The van der Waals surface area contributed by atoms with E-state index in [-0.39, 0.29) is 12.6 Å². The molecule has 3 aromatic carbocycles. The number of aryl methyl sites for hydroxylation is 1. The molecule has 0 radical (unpaired) electrons. The molecule has 0 amide bonds. The third-order valence-corrected chi connectivity index (χ3v) is 9.11. The van der Waals surface area contributed by atoms with Crippen molar-refractivity contribution in [1.82, 2.24) is 15.1 Å². The number of nitrogens with one attached hydrogen (secondary N) is 1. The Morgan fingerprint density at radius 1 is 1.00 bits per heavy atom. The van der Waals surface area contributed by atoms with Crippen molar-refractivity contribution in [2.24, 2.45) is 11.8 Å². The van der Waals surface area contributed by atoms with Crippen molar-refractivity contribution in [2.75, 3.05) is 40.0 Å². The number of hydrogen-bond donors (Lipinski definition) is 1. The van der Waals surface area contributed by atoms with Crippen LogP contribution < -0.4 is 9.47 Å². The van der Waals surface area contributed by atoms with E-state index in [1.165, 1.54) is 23.1 Å². The summed E-state index contributed by atoms with van der Waals surface area (Å²) in [6.07, 6.45) is 6.34. The molecule has 1 saturated heterocycles. The molecular weight excluding hydrogens is 544 g/mol. The molecule has 1 aliphatic heterocycles. The minimum Gasteiger partial charge on any atom is -0.497 e. The van der Waals surface area contributed by atoms with Crippen molar-refractivity contribution in [3.63, 3.8) is 0 Å². The number of alkyl halides is 1. The van der Waals surface area contributed by atoms with Gasteiger partial charge >= 0.3 is 0 Å². The first-order valence-corrected chi connectivity index (χ1v) is 15.6. The molecule has 1 unspecified atom stereocenters. The minimum atomic E-state index is -0.419. The molecule has 7 heteroatoms. The number of likely N-dealkylation sites (tertiary alicyclic amines) is 1. The molecule has 5 nitrogen and oxygen atoms in total. The maximum Gasteiger partial charge on any atom is 0.216 e. The van der Waals surface area contributed by atoms with Crippen LogP contribution in [0.15, 0.2) is 60.7 Å². The van der Waals surface area contributed by atoms with Crippen LogP contribution in [0.25, 0.3) is 22.0 Å². The summed E-state index contributed by atoms with van der Waals surface area (Å²) in [5, 5.41) is 7.11. The number of H-pyrrole nitrogens is 1. The van der Waals surface area contributed by atoms with Crippen LogP contribution in [0.1, 0.15) is 61.3 Å². The molecule has 43 heavy (non-hydrogen) atoms. The second kappa shape index (κ2) is 13.3. The lowest BCUT2D eigenvalue weighted by Gasteiger charge is -2.33. The fourth-order valence-electron chi connectivity index (χ4n) is 6.56. The molecular formula is C36H41F2N3O2. The van der Waals surface area contributed by atoms with Crippen LogP contribution in [-0.2, 0) is 6.42 Å². The molecule has 6 rings (SSSR count). The van der Waals surface area contributed by atoms with Crippen molar-refractivity contribution in [3.05, 3.63) is 88.9 Å². The topological polar surface area (TPSA) is 50.4 Å². The summed E-state index contributed by atoms with van der Waals surface area (Å²) in [6.45, 7) is 5.06. The first-order chi connectivity index (χ1) is 21.1. The molecule has 4 aromatic rings. The Labute approximate surface area is 252 Å². The average molecular weight is 586 g/mol. The van der Waals surface area contributed by atoms with Crippen molar-refractivity contribution in [1.29, 1.82) is 0 Å². The lowest BCUT2D eigenvalue weighted by atomic mass is 9.72. The Morgan fingerprint density at radius 3 is 2.49 bits per heavy atom. The molecule has 1 aliphatic carbocycles. The van der Waals surface area contributed by atoms with E-state index in [4.69, 9.17) is 9.47 Å². The van der Waals surface area contributed by atoms with Gasteiger partial charge in [0.1, 0.15) is 18.1 Å². The van der Waals surface area contributed by atoms with Gasteiger partial charge in [-0.25, -0.2) is 0 Å². The maximum absolute atomic E-state index is 14.7. The molecule has 2 heterocycles. The minimum absolute atomic E-state index is 0.160. The summed E-state index contributed by atoms with van der Waals surface area (Å²) in [5.74, 6) is 1.82. The zero-order chi connectivity index (χ0) is 29.8. The smallest absolute Gasteiger partial charge is 0.216 e. The van der Waals surface area contributed by atoms with Gasteiger partial charge in [0.2, 0.25) is 5.95 Å². The lowest BCUT2D eigenvalue weighted by Crippen LogP contribution is -2.26. The van der Waals surface area contributed by atoms with Crippen LogP contribution in [0, 0.1) is 17.8 Å². The maximum atomic E-state index is 14.7. The highest BCUT2D eigenvalue weighted by atomic mass is 19.1. The van der Waals surface area contributed by atoms with Gasteiger partial charge in [0.05, 0.1) is 24.7 Å². The normalized spacial score (nSPS) is 18.1. The van der Waals surface area contributed by atoms with Gasteiger partial charge in [-0.05, 0) is 108 Å². The summed E-state index contributed by atoms with van der Waals surface area (Å²) in [4.78, 5) is 2.28. The van der Waals surface area contributed by atoms with Crippen molar-refractivity contribution in [2.45, 2.75) is 45.4 Å². The van der Waals surface area contributed by atoms with Gasteiger partial charge in [0.25, 0.3) is 0 Å². The lowest BCUT2D eigenvalue weighted by molar-refractivity contribution is 0.228. The van der Waals surface area contributed by atoms with E-state index >= 15 is 0 Å². The first kappa shape index (κ1) is 29.4. The van der Waals surface area contributed by atoms with Gasteiger partial charge in [-0.3, -0.25) is 14.4 Å². The Hall–Kier alpha value is -3.71. The van der Waals surface area contributed by atoms with Gasteiger partial charge in [-0.15, -0.1) is 0 Å². The number of hydrogen-bond acceptors (Lipinski definition) is 4. The number of methoxy groups -OCH3 is 1. The van der Waals surface area contributed by atoms with Crippen LogP contribution in [-0.4, -0.2) is 55.1 Å². The Balaban J connectivity index is 1.40. The highest BCUT2D eigenvalue weighted by molar-refractivity contribution is 6.02. The zero-order valence-electron chi connectivity index (χ0n) is 25.2. The van der Waals surface area contributed by atoms with Crippen LogP contribution in [0.4, 0.5) is 8.78 Å². The third-order valence-electron chi connectivity index (χ3n) is 9.11. The first-order valence-electron chi connectivity index (χ1n) is 15.6. The van der Waals surface area contributed by atoms with E-state index in [0.717, 1.165) is 79.9 Å². The van der Waals surface area contributed by atoms with Crippen LogP contribution in [0.3, 0.4) is 0 Å². The van der Waals surface area contributed by atoms with E-state index in [2.05, 4.69) is 58.4 Å². The van der Waals surface area contributed by atoms with E-state index in [0.29, 0.717) is 23.4 Å². The molecule has 0 bridgehead atoms. The van der Waals surface area contributed by atoms with Crippen molar-refractivity contribution >= 4 is 22.0 Å². The zero-order valence-corrected chi connectivity index (χ0v) is 25.2. The number of aromatic nitrogens is 2. The van der Waals surface area contributed by atoms with Gasteiger partial charge in [0.15, 0.2) is 0 Å². The van der Waals surface area contributed by atoms with Gasteiger partial charge in [-0.2, -0.15) is 9.49 Å². The average Bonchev–Trinajstić information content (AvgIpc) is 3.63. The predicted molar refractivity (Wildman–Crippen MR) is 169 cm³/mol. The summed E-state index contributed by atoms with van der Waals surface area (Å²) in [7, 11) is 1.71. The largest absolute Gasteiger partial charge is 0.497 e. The van der Waals surface area contributed by atoms with E-state index in [9.17, 15) is 8.78 Å². The molecule has 226 valence electrons. The van der Waals surface area contributed by atoms with Gasteiger partial charge in [0, 0.05) is 19.0 Å². The summed E-state index contributed by atoms with van der Waals surface area (Å²) >= 11 is 0. The second-order valence-electron chi connectivity index (χ2n) is 11.9. The molecule has 2 aliphatic rings. The van der Waals surface area contributed by atoms with E-state index < -0.39 is 5.95 Å². The second-order valence-corrected chi connectivity index (χ2v) is 11.9. The molecule has 1 atom stereocenters. The number of benzene rings is 3. The number of ether oxygens (including phenoxy) is 2. The summed E-state index contributed by atoms with van der Waals surface area (Å²) < 4.78 is 39.5. The molecule has 1 N–H and O–H groups in total. The van der Waals surface area contributed by atoms with Crippen LogP contribution in [0.2, 0.25) is 0 Å². The standard InChI is InChI=1S/C36H41F2N3O2/c1-3-5-27-20-30(42-2)13-14-31(27)35(25-6-4-7-25)34(28-10-15-33-32(21-28)36(38)40-39-33)26-8-11-29(12-9-26)43-19-18-41-17-16-24(22-37)23-41/h8-15,20-21,24-25H,3-7,16-19,22-23H2,1-2H3,(H,39,40)/b35-34+. The number of aromatic amines is 1. The van der Waals surface area contributed by atoms with Crippen LogP contribution in [0.5, 0.6) is 11.5 Å². The molecule has 1 aromatic heterocycles. The number of nitrogens with zero attached hydrogens (tertiary/aromatic N) is 2. The van der Waals surface area contributed by atoms with Gasteiger partial charge in [-0.1, -0.05) is 44.0 Å². The quantitative estimate of drug-likeness (QED) is 0.171. The van der Waals surface area contributed by atoms with E-state index in [1.807, 2.05) is 24.3 Å². The number of rotatable bonds is 12. The third kappa shape index (κ3) is 6.32. The van der Waals surface area contributed by atoms with Crippen LogP contribution >= 0.6 is 0 Å². The fourth-order valence-corrected chi connectivity index (χ4v) is 6.56. The Kier molecular flexibility index (Phi) is 9.08. The summed E-state index contributed by atoms with van der Waals surface area (Å²) in [6, 6.07) is 20.6. The Bertz CT molecular complexity index is 1580. The SMILES string of the molecule is CCCc1cc(OC)ccc1/C(=C(\c1ccc(OCCN2CCC(CF)C2)cc1)c1ccc2n[nH]c(F)c2c1)C1CCC1. The highest BCUT2D eigenvalue weighted by Gasteiger charge is 2.29. The molecule has 0 spiro atoms. The number of fused-ring (bicyclic) bond motifs is 1. The monoisotopic (exact) mass is 585 g/mol. The van der Waals surface area contributed by atoms with Crippen molar-refractivity contribution in [3.8, 4) is 11.5 Å². The highest BCUT2D eigenvalue weighted by Crippen LogP contribution is 2.47. The molecule has 1 saturated carbocycles. The fraction of sp³-hybridized carbons (Fsp3) is 0.417. The van der Waals surface area contributed by atoms with E-state index in [1.54, 1.807) is 7.11 Å². The number of halogens is 2. The Morgan fingerprint density at radius 2 is 1.79 bits per heavy atom. The predicted octanol–water partition coefficient (Wildman–Crippen LogP) is 8.09.